The number of piperidine rings is 2. The summed E-state index contributed by atoms with van der Waals surface area (Å²) >= 11 is 0. The van der Waals surface area contributed by atoms with E-state index in [1.54, 1.807) is 31.4 Å². The minimum atomic E-state index is -2.79. The maximum atomic E-state index is 13.8. The van der Waals surface area contributed by atoms with Crippen LogP contribution >= 0.6 is 0 Å². The Bertz CT molecular complexity index is 1160. The molecule has 0 amide bonds. The summed E-state index contributed by atoms with van der Waals surface area (Å²) in [7, 11) is 1.55. The van der Waals surface area contributed by atoms with Gasteiger partial charge in [0.1, 0.15) is 17.0 Å². The quantitative estimate of drug-likeness (QED) is 0.484. The van der Waals surface area contributed by atoms with Gasteiger partial charge in [-0.05, 0) is 69.1 Å². The molecule has 0 unspecified atom stereocenters. The Balaban J connectivity index is 1.41. The predicted octanol–water partition coefficient (Wildman–Crippen LogP) is 4.76. The van der Waals surface area contributed by atoms with Crippen LogP contribution in [0.1, 0.15) is 54.6 Å². The Morgan fingerprint density at radius 3 is 2.71 bits per heavy atom. The van der Waals surface area contributed by atoms with E-state index in [0.717, 1.165) is 36.9 Å². The van der Waals surface area contributed by atoms with Gasteiger partial charge in [-0.1, -0.05) is 6.42 Å². The minimum absolute atomic E-state index is 0.0663. The number of alkyl halides is 2. The monoisotopic (exact) mass is 470 g/mol. The van der Waals surface area contributed by atoms with Crippen molar-refractivity contribution in [3.05, 3.63) is 47.8 Å². The zero-order chi connectivity index (χ0) is 23.7. The van der Waals surface area contributed by atoms with Crippen LogP contribution in [0.4, 0.5) is 8.78 Å². The summed E-state index contributed by atoms with van der Waals surface area (Å²) in [5.41, 5.74) is 0.778. The first kappa shape index (κ1) is 22.7. The van der Waals surface area contributed by atoms with Crippen molar-refractivity contribution in [2.45, 2.75) is 44.6 Å². The predicted molar refractivity (Wildman–Crippen MR) is 122 cm³/mol. The SMILES string of the molecule is COc1ccc(-c2cc(C(F)F)n3ncc(C(=O)OC[C@H]4CCCN5CCCC[C@H]45)c3n2)cc1. The number of halogens is 2. The number of methoxy groups -OCH3 is 1. The fourth-order valence-electron chi connectivity index (χ4n) is 5.23. The number of hydrogen-bond donors (Lipinski definition) is 0. The van der Waals surface area contributed by atoms with Crippen molar-refractivity contribution in [3.63, 3.8) is 0 Å². The van der Waals surface area contributed by atoms with Crippen LogP contribution in [-0.2, 0) is 4.74 Å². The lowest BCUT2D eigenvalue weighted by Gasteiger charge is -2.44. The Morgan fingerprint density at radius 1 is 1.15 bits per heavy atom. The first-order valence-electron chi connectivity index (χ1n) is 11.8. The van der Waals surface area contributed by atoms with E-state index < -0.39 is 12.4 Å². The first-order chi connectivity index (χ1) is 16.5. The van der Waals surface area contributed by atoms with Gasteiger partial charge in [-0.15, -0.1) is 0 Å². The van der Waals surface area contributed by atoms with Gasteiger partial charge in [0.15, 0.2) is 5.65 Å². The van der Waals surface area contributed by atoms with Gasteiger partial charge >= 0.3 is 5.97 Å². The molecule has 3 aromatic rings. The van der Waals surface area contributed by atoms with E-state index in [4.69, 9.17) is 9.47 Å². The smallest absolute Gasteiger partial charge is 0.343 e. The molecule has 2 aliphatic heterocycles. The number of aromatic nitrogens is 3. The zero-order valence-corrected chi connectivity index (χ0v) is 19.1. The second-order valence-electron chi connectivity index (χ2n) is 8.99. The zero-order valence-electron chi connectivity index (χ0n) is 19.1. The van der Waals surface area contributed by atoms with Crippen molar-refractivity contribution in [2.24, 2.45) is 5.92 Å². The third-order valence-electron chi connectivity index (χ3n) is 6.99. The number of carbonyl (C=O) groups is 1. The summed E-state index contributed by atoms with van der Waals surface area (Å²) in [4.78, 5) is 20.0. The summed E-state index contributed by atoms with van der Waals surface area (Å²) in [5, 5.41) is 4.03. The van der Waals surface area contributed by atoms with Crippen molar-refractivity contribution < 1.29 is 23.0 Å². The molecule has 0 saturated carbocycles. The third-order valence-corrected chi connectivity index (χ3v) is 6.99. The Hall–Kier alpha value is -3.07. The van der Waals surface area contributed by atoms with Gasteiger partial charge in [0.05, 0.1) is 25.6 Å². The van der Waals surface area contributed by atoms with E-state index in [0.29, 0.717) is 35.6 Å². The normalized spacial score (nSPS) is 20.9. The van der Waals surface area contributed by atoms with Crippen LogP contribution < -0.4 is 4.74 Å². The van der Waals surface area contributed by atoms with Gasteiger partial charge in [0.2, 0.25) is 0 Å². The number of esters is 1. The number of rotatable bonds is 6. The third kappa shape index (κ3) is 4.36. The molecule has 1 aromatic carbocycles. The number of fused-ring (bicyclic) bond motifs is 2. The second-order valence-corrected chi connectivity index (χ2v) is 8.99. The van der Waals surface area contributed by atoms with E-state index in [9.17, 15) is 13.6 Å². The molecule has 2 aromatic heterocycles. The second kappa shape index (κ2) is 9.66. The van der Waals surface area contributed by atoms with Crippen molar-refractivity contribution >= 4 is 11.6 Å². The molecule has 0 N–H and O–H groups in total. The molecule has 2 atom stereocenters. The van der Waals surface area contributed by atoms with Crippen LogP contribution in [0.3, 0.4) is 0 Å². The van der Waals surface area contributed by atoms with Gasteiger partial charge < -0.3 is 9.47 Å². The molecule has 0 bridgehead atoms. The van der Waals surface area contributed by atoms with Gasteiger partial charge in [-0.25, -0.2) is 23.1 Å². The van der Waals surface area contributed by atoms with Crippen LogP contribution in [0, 0.1) is 5.92 Å². The van der Waals surface area contributed by atoms with E-state index in [-0.39, 0.29) is 16.9 Å². The molecule has 2 aliphatic rings. The standard InChI is InChI=1S/C25H28F2N4O3/c1-33-18-9-7-16(8-10-18)20-13-22(23(26)27)31-24(29-20)19(14-28-31)25(32)34-15-17-5-4-12-30-11-3-2-6-21(17)30/h7-10,13-14,17,21,23H,2-6,11-12,15H2,1H3/t17-,21-/m1/s1. The highest BCUT2D eigenvalue weighted by atomic mass is 19.3. The molecule has 4 heterocycles. The molecule has 9 heteroatoms. The lowest BCUT2D eigenvalue weighted by atomic mass is 9.84. The maximum Gasteiger partial charge on any atom is 0.343 e. The Kier molecular flexibility index (Phi) is 6.45. The maximum absolute atomic E-state index is 13.8. The van der Waals surface area contributed by atoms with Crippen LogP contribution in [-0.4, -0.2) is 58.3 Å². The van der Waals surface area contributed by atoms with E-state index in [1.807, 2.05) is 0 Å². The Labute approximate surface area is 196 Å². The van der Waals surface area contributed by atoms with Gasteiger partial charge in [0, 0.05) is 17.5 Å². The Morgan fingerprint density at radius 2 is 1.94 bits per heavy atom. The summed E-state index contributed by atoms with van der Waals surface area (Å²) in [6.45, 7) is 2.53. The fourth-order valence-corrected chi connectivity index (χ4v) is 5.23. The molecule has 180 valence electrons. The average molecular weight is 471 g/mol. The van der Waals surface area contributed by atoms with Crippen molar-refractivity contribution in [2.75, 3.05) is 26.8 Å². The average Bonchev–Trinajstić information content (AvgIpc) is 3.30. The number of nitrogens with zero attached hydrogens (tertiary/aromatic N) is 4. The molecule has 5 rings (SSSR count). The van der Waals surface area contributed by atoms with Crippen molar-refractivity contribution in [1.29, 1.82) is 0 Å². The highest BCUT2D eigenvalue weighted by Gasteiger charge is 2.34. The molecule has 0 radical (unpaired) electrons. The topological polar surface area (TPSA) is 69.0 Å². The number of hydrogen-bond acceptors (Lipinski definition) is 6. The first-order valence-corrected chi connectivity index (χ1v) is 11.8. The molecular formula is C25H28F2N4O3. The highest BCUT2D eigenvalue weighted by molar-refractivity contribution is 5.96. The number of carbonyl (C=O) groups excluding carboxylic acids is 1. The molecule has 2 saturated heterocycles. The van der Waals surface area contributed by atoms with E-state index >= 15 is 0 Å². The number of benzene rings is 1. The van der Waals surface area contributed by atoms with Crippen LogP contribution in [0.25, 0.3) is 16.9 Å². The molecule has 7 nitrogen and oxygen atoms in total. The van der Waals surface area contributed by atoms with E-state index in [1.165, 1.54) is 25.1 Å². The number of ether oxygens (including phenoxy) is 2. The van der Waals surface area contributed by atoms with Crippen LogP contribution in [0.2, 0.25) is 0 Å². The summed E-state index contributed by atoms with van der Waals surface area (Å²) in [5.74, 6) is 0.355. The molecule has 2 fully saturated rings. The van der Waals surface area contributed by atoms with Gasteiger partial charge in [-0.3, -0.25) is 4.90 Å². The van der Waals surface area contributed by atoms with Crippen LogP contribution in [0.5, 0.6) is 5.75 Å². The summed E-state index contributed by atoms with van der Waals surface area (Å²) < 4.78 is 39.6. The molecular weight excluding hydrogens is 442 g/mol. The van der Waals surface area contributed by atoms with Gasteiger partial charge in [0.25, 0.3) is 6.43 Å². The highest BCUT2D eigenvalue weighted by Crippen LogP contribution is 2.32. The fraction of sp³-hybridized carbons (Fsp3) is 0.480. The molecule has 0 aliphatic carbocycles. The minimum Gasteiger partial charge on any atom is -0.497 e. The van der Waals surface area contributed by atoms with Gasteiger partial charge in [-0.2, -0.15) is 5.10 Å². The lowest BCUT2D eigenvalue weighted by Crippen LogP contribution is -2.49. The van der Waals surface area contributed by atoms with E-state index in [2.05, 4.69) is 15.0 Å². The summed E-state index contributed by atoms with van der Waals surface area (Å²) in [6.07, 6.45) is 4.16. The molecule has 34 heavy (non-hydrogen) atoms. The largest absolute Gasteiger partial charge is 0.497 e. The lowest BCUT2D eigenvalue weighted by molar-refractivity contribution is 0.00749. The van der Waals surface area contributed by atoms with Crippen molar-refractivity contribution in [1.82, 2.24) is 19.5 Å². The van der Waals surface area contributed by atoms with Crippen LogP contribution in [0.15, 0.2) is 36.5 Å². The molecule has 0 spiro atoms. The summed E-state index contributed by atoms with van der Waals surface area (Å²) in [6, 6.07) is 8.67. The van der Waals surface area contributed by atoms with Crippen molar-refractivity contribution in [3.8, 4) is 17.0 Å².